The van der Waals surface area contributed by atoms with Crippen molar-refractivity contribution in [2.24, 2.45) is 0 Å². The molecule has 0 unspecified atom stereocenters. The first-order valence-electron chi connectivity index (χ1n) is 6.30. The van der Waals surface area contributed by atoms with Gasteiger partial charge in [-0.1, -0.05) is 0 Å². The molecule has 2 heterocycles. The molecule has 0 aliphatic heterocycles. The molecule has 2 rings (SSSR count). The fraction of sp³-hybridized carbons (Fsp3) is 0.286. The Kier molecular flexibility index (Phi) is 4.57. The van der Waals surface area contributed by atoms with Crippen LogP contribution in [0.1, 0.15) is 28.4 Å². The van der Waals surface area contributed by atoms with Gasteiger partial charge in [-0.15, -0.1) is 0 Å². The van der Waals surface area contributed by atoms with Crippen LogP contribution in [0.2, 0.25) is 0 Å². The maximum Gasteiger partial charge on any atom is 0.340 e. The molecule has 5 nitrogen and oxygen atoms in total. The van der Waals surface area contributed by atoms with Gasteiger partial charge in [0.1, 0.15) is 5.82 Å². The maximum absolute atomic E-state index is 11.7. The second-order valence-corrected chi connectivity index (χ2v) is 5.05. The fourth-order valence-electron chi connectivity index (χ4n) is 1.70. The van der Waals surface area contributed by atoms with E-state index >= 15 is 0 Å². The fourth-order valence-corrected chi connectivity index (χ4v) is 2.56. The van der Waals surface area contributed by atoms with Crippen LogP contribution in [0, 0.1) is 6.92 Å². The molecule has 0 saturated carbocycles. The van der Waals surface area contributed by atoms with Gasteiger partial charge in [0.2, 0.25) is 0 Å². The van der Waals surface area contributed by atoms with Crippen LogP contribution in [0.5, 0.6) is 0 Å². The number of aryl methyl sites for hydroxylation is 1. The summed E-state index contributed by atoms with van der Waals surface area (Å²) in [6.45, 7) is 4.80. The van der Waals surface area contributed by atoms with Crippen molar-refractivity contribution in [3.63, 3.8) is 0 Å². The van der Waals surface area contributed by atoms with E-state index in [1.165, 1.54) is 17.3 Å². The van der Waals surface area contributed by atoms with E-state index in [1.54, 1.807) is 24.3 Å². The largest absolute Gasteiger partial charge is 0.462 e. The molecule has 0 bridgehead atoms. The van der Waals surface area contributed by atoms with Crippen molar-refractivity contribution in [2.45, 2.75) is 20.4 Å². The summed E-state index contributed by atoms with van der Waals surface area (Å²) in [5.41, 5.74) is 8.86. The minimum Gasteiger partial charge on any atom is -0.462 e. The van der Waals surface area contributed by atoms with E-state index in [2.05, 4.69) is 28.0 Å². The van der Waals surface area contributed by atoms with E-state index in [-0.39, 0.29) is 0 Å². The lowest BCUT2D eigenvalue weighted by Crippen LogP contribution is -2.10. The molecule has 0 aromatic carbocycles. The van der Waals surface area contributed by atoms with Gasteiger partial charge in [0.15, 0.2) is 0 Å². The highest BCUT2D eigenvalue weighted by molar-refractivity contribution is 7.08. The van der Waals surface area contributed by atoms with Crippen molar-refractivity contribution in [3.8, 4) is 0 Å². The summed E-state index contributed by atoms with van der Waals surface area (Å²) >= 11 is 1.66. The molecule has 0 fully saturated rings. The molecule has 0 amide bonds. The summed E-state index contributed by atoms with van der Waals surface area (Å²) in [6, 6.07) is 1.62. The number of thiophene rings is 1. The number of carbonyl (C=O) groups excluding carboxylic acids is 1. The van der Waals surface area contributed by atoms with Crippen LogP contribution in [0.4, 0.5) is 11.5 Å². The Morgan fingerprint density at radius 2 is 2.30 bits per heavy atom. The Balaban J connectivity index is 2.11. The van der Waals surface area contributed by atoms with Gasteiger partial charge >= 0.3 is 5.97 Å². The normalized spacial score (nSPS) is 10.3. The number of nitrogens with two attached hydrogens (primary N) is 1. The Labute approximate surface area is 121 Å². The number of esters is 1. The van der Waals surface area contributed by atoms with Crippen LogP contribution in [-0.4, -0.2) is 17.6 Å². The third-order valence-corrected chi connectivity index (χ3v) is 3.76. The number of nitrogen functional groups attached to an aromatic ring is 1. The smallest absolute Gasteiger partial charge is 0.340 e. The van der Waals surface area contributed by atoms with E-state index in [0.717, 1.165) is 0 Å². The van der Waals surface area contributed by atoms with Crippen molar-refractivity contribution in [3.05, 3.63) is 39.7 Å². The summed E-state index contributed by atoms with van der Waals surface area (Å²) in [5.74, 6) is 0.176. The first kappa shape index (κ1) is 14.3. The summed E-state index contributed by atoms with van der Waals surface area (Å²) in [4.78, 5) is 15.9. The van der Waals surface area contributed by atoms with E-state index in [1.807, 2.05) is 0 Å². The average Bonchev–Trinajstić information content (AvgIpc) is 2.83. The Morgan fingerprint density at radius 1 is 1.50 bits per heavy atom. The average molecular weight is 291 g/mol. The van der Waals surface area contributed by atoms with Crippen molar-refractivity contribution >= 4 is 28.8 Å². The predicted octanol–water partition coefficient (Wildman–Crippen LogP) is 2.82. The molecule has 0 aliphatic rings. The number of nitrogens with zero attached hydrogens (tertiary/aromatic N) is 1. The van der Waals surface area contributed by atoms with Crippen LogP contribution < -0.4 is 11.1 Å². The molecule has 0 spiro atoms. The highest BCUT2D eigenvalue weighted by atomic mass is 32.1. The van der Waals surface area contributed by atoms with Gasteiger partial charge in [-0.3, -0.25) is 0 Å². The number of carbonyl (C=O) groups is 1. The zero-order valence-electron chi connectivity index (χ0n) is 11.5. The van der Waals surface area contributed by atoms with Gasteiger partial charge in [0.25, 0.3) is 0 Å². The predicted molar refractivity (Wildman–Crippen MR) is 81.0 cm³/mol. The van der Waals surface area contributed by atoms with E-state index in [0.29, 0.717) is 30.2 Å². The first-order valence-corrected chi connectivity index (χ1v) is 7.24. The Morgan fingerprint density at radius 3 is 2.95 bits per heavy atom. The minimum atomic E-state index is -0.429. The molecule has 0 atom stereocenters. The number of rotatable bonds is 5. The first-order chi connectivity index (χ1) is 9.61. The third-order valence-electron chi connectivity index (χ3n) is 2.85. The second-order valence-electron chi connectivity index (χ2n) is 4.31. The molecule has 2 aromatic heterocycles. The van der Waals surface area contributed by atoms with Crippen molar-refractivity contribution in [1.29, 1.82) is 0 Å². The minimum absolute atomic E-state index is 0.317. The van der Waals surface area contributed by atoms with Gasteiger partial charge in [0, 0.05) is 6.54 Å². The molecular formula is C14H17N3O2S. The second kappa shape index (κ2) is 6.38. The highest BCUT2D eigenvalue weighted by Crippen LogP contribution is 2.18. The quantitative estimate of drug-likeness (QED) is 0.828. The van der Waals surface area contributed by atoms with Crippen LogP contribution >= 0.6 is 11.3 Å². The zero-order chi connectivity index (χ0) is 14.5. The zero-order valence-corrected chi connectivity index (χ0v) is 12.3. The lowest BCUT2D eigenvalue weighted by Gasteiger charge is -2.09. The molecule has 3 N–H and O–H groups in total. The number of aromatic nitrogens is 1. The monoisotopic (exact) mass is 291 g/mol. The molecule has 0 aliphatic carbocycles. The lowest BCUT2D eigenvalue weighted by molar-refractivity contribution is 0.0527. The summed E-state index contributed by atoms with van der Waals surface area (Å²) in [6.07, 6.45) is 1.47. The number of nitrogens with one attached hydrogen (secondary N) is 1. The van der Waals surface area contributed by atoms with Crippen molar-refractivity contribution < 1.29 is 9.53 Å². The summed E-state index contributed by atoms with van der Waals surface area (Å²) in [7, 11) is 0. The van der Waals surface area contributed by atoms with Gasteiger partial charge in [0.05, 0.1) is 24.1 Å². The van der Waals surface area contributed by atoms with Crippen LogP contribution in [0.25, 0.3) is 0 Å². The maximum atomic E-state index is 11.7. The van der Waals surface area contributed by atoms with Crippen molar-refractivity contribution in [1.82, 2.24) is 4.98 Å². The third kappa shape index (κ3) is 3.27. The number of anilines is 2. The molecule has 20 heavy (non-hydrogen) atoms. The molecule has 106 valence electrons. The molecular weight excluding hydrogens is 274 g/mol. The highest BCUT2D eigenvalue weighted by Gasteiger charge is 2.12. The van der Waals surface area contributed by atoms with Gasteiger partial charge < -0.3 is 15.8 Å². The standard InChI is InChI=1S/C14H17N3O2S/c1-3-19-14(18)11-4-13(17-6-12(11)15)16-5-10-8-20-7-9(10)2/h4,6-8H,3,5,15H2,1-2H3,(H,16,17). The number of pyridine rings is 1. The van der Waals surface area contributed by atoms with E-state index in [9.17, 15) is 4.79 Å². The molecule has 2 aromatic rings. The summed E-state index contributed by atoms with van der Waals surface area (Å²) < 4.78 is 4.96. The van der Waals surface area contributed by atoms with Crippen LogP contribution in [-0.2, 0) is 11.3 Å². The molecule has 0 radical (unpaired) electrons. The molecule has 6 heteroatoms. The van der Waals surface area contributed by atoms with Gasteiger partial charge in [-0.25, -0.2) is 9.78 Å². The Bertz CT molecular complexity index is 610. The number of ether oxygens (including phenoxy) is 1. The SMILES string of the molecule is CCOC(=O)c1cc(NCc2cscc2C)ncc1N. The number of hydrogen-bond donors (Lipinski definition) is 2. The van der Waals surface area contributed by atoms with Gasteiger partial charge in [-0.05, 0) is 41.8 Å². The molecule has 0 saturated heterocycles. The Hall–Kier alpha value is -2.08. The van der Waals surface area contributed by atoms with E-state index < -0.39 is 5.97 Å². The number of hydrogen-bond acceptors (Lipinski definition) is 6. The summed E-state index contributed by atoms with van der Waals surface area (Å²) in [5, 5.41) is 7.37. The van der Waals surface area contributed by atoms with Crippen molar-refractivity contribution in [2.75, 3.05) is 17.7 Å². The van der Waals surface area contributed by atoms with E-state index in [4.69, 9.17) is 10.5 Å². The topological polar surface area (TPSA) is 77.2 Å². The van der Waals surface area contributed by atoms with Crippen LogP contribution in [0.15, 0.2) is 23.0 Å². The van der Waals surface area contributed by atoms with Gasteiger partial charge in [-0.2, -0.15) is 11.3 Å². The lowest BCUT2D eigenvalue weighted by atomic mass is 10.2. The van der Waals surface area contributed by atoms with Crippen LogP contribution in [0.3, 0.4) is 0 Å².